The summed E-state index contributed by atoms with van der Waals surface area (Å²) in [6.07, 6.45) is 9.24. The lowest BCUT2D eigenvalue weighted by molar-refractivity contribution is 0.204. The predicted molar refractivity (Wildman–Crippen MR) is 154 cm³/mol. The lowest BCUT2D eigenvalue weighted by Crippen LogP contribution is -2.44. The van der Waals surface area contributed by atoms with Crippen molar-refractivity contribution in [3.63, 3.8) is 0 Å². The number of unbranched alkanes of at least 4 members (excludes halogenated alkanes) is 1. The van der Waals surface area contributed by atoms with Crippen molar-refractivity contribution in [3.05, 3.63) is 92.4 Å². The third-order valence-electron chi connectivity index (χ3n) is 8.67. The summed E-state index contributed by atoms with van der Waals surface area (Å²) >= 11 is 0. The molecule has 1 N–H and O–H groups in total. The van der Waals surface area contributed by atoms with Crippen LogP contribution in [-0.4, -0.2) is 38.7 Å². The van der Waals surface area contributed by atoms with E-state index in [1.54, 1.807) is 0 Å². The maximum absolute atomic E-state index is 13.7. The van der Waals surface area contributed by atoms with Crippen molar-refractivity contribution in [3.8, 4) is 11.1 Å². The van der Waals surface area contributed by atoms with E-state index in [-0.39, 0.29) is 11.2 Å². The quantitative estimate of drug-likeness (QED) is 0.336. The van der Waals surface area contributed by atoms with Gasteiger partial charge in [0.05, 0.1) is 5.56 Å². The summed E-state index contributed by atoms with van der Waals surface area (Å²) < 4.78 is 3.39. The minimum absolute atomic E-state index is 0.116. The van der Waals surface area contributed by atoms with Gasteiger partial charge in [-0.2, -0.15) is 0 Å². The first kappa shape index (κ1) is 24.9. The van der Waals surface area contributed by atoms with Gasteiger partial charge in [0.2, 0.25) is 0 Å². The third-order valence-corrected chi connectivity index (χ3v) is 8.67. The van der Waals surface area contributed by atoms with Crippen LogP contribution >= 0.6 is 0 Å². The van der Waals surface area contributed by atoms with Crippen LogP contribution in [0.5, 0.6) is 0 Å². The van der Waals surface area contributed by atoms with Gasteiger partial charge in [0.1, 0.15) is 0 Å². The second-order valence-corrected chi connectivity index (χ2v) is 11.1. The number of fused-ring (bicyclic) bond motifs is 2. The van der Waals surface area contributed by atoms with Crippen LogP contribution in [0.4, 0.5) is 0 Å². The number of aryl methyl sites for hydroxylation is 1. The van der Waals surface area contributed by atoms with E-state index < -0.39 is 0 Å². The first-order chi connectivity index (χ1) is 18.6. The van der Waals surface area contributed by atoms with Crippen molar-refractivity contribution >= 4 is 10.9 Å². The van der Waals surface area contributed by atoms with E-state index in [1.165, 1.54) is 33.9 Å². The number of hydrogen-bond donors (Lipinski definition) is 1. The molecule has 1 saturated heterocycles. The first-order valence-corrected chi connectivity index (χ1v) is 14.3. The Morgan fingerprint density at radius 3 is 2.63 bits per heavy atom. The van der Waals surface area contributed by atoms with E-state index >= 15 is 0 Å². The van der Waals surface area contributed by atoms with Crippen LogP contribution in [0.3, 0.4) is 0 Å². The van der Waals surface area contributed by atoms with E-state index in [0.29, 0.717) is 19.0 Å². The lowest BCUT2D eigenvalue weighted by Gasteiger charge is -2.32. The third kappa shape index (κ3) is 4.66. The highest BCUT2D eigenvalue weighted by Crippen LogP contribution is 2.32. The van der Waals surface area contributed by atoms with E-state index in [9.17, 15) is 9.59 Å². The van der Waals surface area contributed by atoms with Gasteiger partial charge in [-0.25, -0.2) is 4.79 Å². The molecule has 6 rings (SSSR count). The van der Waals surface area contributed by atoms with Gasteiger partial charge >= 0.3 is 5.69 Å². The molecule has 2 aromatic heterocycles. The van der Waals surface area contributed by atoms with Crippen molar-refractivity contribution in [1.82, 2.24) is 19.0 Å². The Hall–Kier alpha value is -3.38. The van der Waals surface area contributed by atoms with Crippen molar-refractivity contribution in [2.24, 2.45) is 0 Å². The molecule has 1 atom stereocenters. The molecule has 198 valence electrons. The normalized spacial score (nSPS) is 18.1. The summed E-state index contributed by atoms with van der Waals surface area (Å²) in [5, 5.41) is 1.34. The number of hydrogen-bond acceptors (Lipinski definition) is 3. The molecule has 0 aliphatic carbocycles. The van der Waals surface area contributed by atoms with Crippen molar-refractivity contribution in [2.45, 2.75) is 70.9 Å². The number of nitrogens with one attached hydrogen (secondary N) is 1. The minimum Gasteiger partial charge on any atom is -0.361 e. The number of H-pyrrole nitrogens is 1. The van der Waals surface area contributed by atoms with E-state index in [2.05, 4.69) is 40.3 Å². The predicted octanol–water partition coefficient (Wildman–Crippen LogP) is 5.46. The Bertz CT molecular complexity index is 1560. The zero-order chi connectivity index (χ0) is 26.1. The average molecular weight is 511 g/mol. The molecule has 2 aliphatic heterocycles. The van der Waals surface area contributed by atoms with Crippen LogP contribution < -0.4 is 11.2 Å². The fraction of sp³-hybridized carbons (Fsp3) is 0.438. The van der Waals surface area contributed by atoms with Crippen LogP contribution in [0.2, 0.25) is 0 Å². The Balaban J connectivity index is 1.16. The lowest BCUT2D eigenvalue weighted by atomic mass is 9.90. The van der Waals surface area contributed by atoms with Gasteiger partial charge < -0.3 is 9.88 Å². The van der Waals surface area contributed by atoms with Gasteiger partial charge in [-0.05, 0) is 93.6 Å². The SMILES string of the molecule is Cc1ccccc1-c1c2n(c(=O)n(CCCCN3CCCC(c4c[nH]c5ccccc45)C3)c1=O)CCCC2. The highest BCUT2D eigenvalue weighted by atomic mass is 16.2. The number of likely N-dealkylation sites (tertiary alicyclic amines) is 1. The summed E-state index contributed by atoms with van der Waals surface area (Å²) in [4.78, 5) is 33.1. The number of benzene rings is 2. The molecule has 0 spiro atoms. The highest BCUT2D eigenvalue weighted by Gasteiger charge is 2.25. The maximum atomic E-state index is 13.7. The van der Waals surface area contributed by atoms with E-state index in [0.717, 1.165) is 74.1 Å². The zero-order valence-electron chi connectivity index (χ0n) is 22.4. The summed E-state index contributed by atoms with van der Waals surface area (Å²) in [6, 6.07) is 16.6. The fourth-order valence-electron chi connectivity index (χ4n) is 6.67. The Labute approximate surface area is 223 Å². The molecule has 2 aromatic carbocycles. The van der Waals surface area contributed by atoms with Crippen LogP contribution in [0.1, 0.15) is 61.3 Å². The van der Waals surface area contributed by atoms with Crippen molar-refractivity contribution in [2.75, 3.05) is 19.6 Å². The van der Waals surface area contributed by atoms with Gasteiger partial charge in [0, 0.05) is 42.4 Å². The largest absolute Gasteiger partial charge is 0.361 e. The first-order valence-electron chi connectivity index (χ1n) is 14.3. The molecule has 2 aliphatic rings. The van der Waals surface area contributed by atoms with Crippen LogP contribution in [0, 0.1) is 6.92 Å². The number of aromatic amines is 1. The molecule has 4 aromatic rings. The number of para-hydroxylation sites is 1. The summed E-state index contributed by atoms with van der Waals surface area (Å²) in [5.41, 5.74) is 6.11. The minimum atomic E-state index is -0.126. The Morgan fingerprint density at radius 2 is 1.74 bits per heavy atom. The second kappa shape index (κ2) is 10.8. The molecule has 4 heterocycles. The molecule has 0 amide bonds. The van der Waals surface area contributed by atoms with Crippen LogP contribution in [0.15, 0.2) is 64.3 Å². The molecule has 6 nitrogen and oxygen atoms in total. The highest BCUT2D eigenvalue weighted by molar-refractivity contribution is 5.83. The number of aromatic nitrogens is 3. The Morgan fingerprint density at radius 1 is 0.921 bits per heavy atom. The van der Waals surface area contributed by atoms with Gasteiger partial charge in [0.25, 0.3) is 5.56 Å². The van der Waals surface area contributed by atoms with E-state index in [4.69, 9.17) is 0 Å². The summed E-state index contributed by atoms with van der Waals surface area (Å²) in [5.74, 6) is 0.546. The zero-order valence-corrected chi connectivity index (χ0v) is 22.4. The molecule has 0 saturated carbocycles. The molecule has 0 bridgehead atoms. The standard InChI is InChI=1S/C32H38N4O2/c1-23-11-2-3-13-25(23)30-29-16-6-7-19-35(29)32(38)36(31(30)37)20-9-8-17-34-18-10-12-24(22-34)27-21-33-28-15-5-4-14-26(27)28/h2-5,11,13-15,21,24,33H,6-10,12,16-20,22H2,1H3. The van der Waals surface area contributed by atoms with E-state index in [1.807, 2.05) is 35.8 Å². The average Bonchev–Trinajstić information content (AvgIpc) is 3.38. The molecular formula is C32H38N4O2. The second-order valence-electron chi connectivity index (χ2n) is 11.1. The van der Waals surface area contributed by atoms with Crippen LogP contribution in [0.25, 0.3) is 22.0 Å². The molecule has 1 unspecified atom stereocenters. The van der Waals surface area contributed by atoms with Gasteiger partial charge in [-0.15, -0.1) is 0 Å². The van der Waals surface area contributed by atoms with Crippen molar-refractivity contribution < 1.29 is 0 Å². The van der Waals surface area contributed by atoms with Crippen molar-refractivity contribution in [1.29, 1.82) is 0 Å². The fourth-order valence-corrected chi connectivity index (χ4v) is 6.67. The maximum Gasteiger partial charge on any atom is 0.331 e. The Kier molecular flexibility index (Phi) is 7.07. The molecular weight excluding hydrogens is 472 g/mol. The summed E-state index contributed by atoms with van der Waals surface area (Å²) in [7, 11) is 0. The number of nitrogens with zero attached hydrogens (tertiary/aromatic N) is 3. The monoisotopic (exact) mass is 510 g/mol. The molecule has 6 heteroatoms. The van der Waals surface area contributed by atoms with Gasteiger partial charge in [-0.1, -0.05) is 42.5 Å². The topological polar surface area (TPSA) is 63.0 Å². The van der Waals surface area contributed by atoms with Gasteiger partial charge in [0.15, 0.2) is 0 Å². The number of piperidine rings is 1. The van der Waals surface area contributed by atoms with Gasteiger partial charge in [-0.3, -0.25) is 13.9 Å². The molecule has 38 heavy (non-hydrogen) atoms. The molecule has 1 fully saturated rings. The smallest absolute Gasteiger partial charge is 0.331 e. The molecule has 0 radical (unpaired) electrons. The van der Waals surface area contributed by atoms with Crippen LogP contribution in [-0.2, 0) is 19.5 Å². The number of rotatable bonds is 7. The summed E-state index contributed by atoms with van der Waals surface area (Å²) in [6.45, 7) is 6.43.